The maximum absolute atomic E-state index is 12.8. The molecule has 2 heterocycles. The van der Waals surface area contributed by atoms with E-state index in [9.17, 15) is 58.9 Å². The molecule has 0 radical (unpaired) electrons. The Morgan fingerprint density at radius 3 is 1.71 bits per heavy atom. The summed E-state index contributed by atoms with van der Waals surface area (Å²) in [5.74, 6) is -2.87. The Morgan fingerprint density at radius 1 is 0.663 bits per heavy atom. The van der Waals surface area contributed by atoms with Crippen molar-refractivity contribution < 1.29 is 58.3 Å². The summed E-state index contributed by atoms with van der Waals surface area (Å²) in [5, 5.41) is 63.1. The number of aryl methyl sites for hydroxylation is 1. The van der Waals surface area contributed by atoms with Gasteiger partial charge in [0, 0.05) is 40.3 Å². The molecule has 0 bridgehead atoms. The third kappa shape index (κ3) is 17.9. The van der Waals surface area contributed by atoms with Gasteiger partial charge in [-0.2, -0.15) is 40.7 Å². The van der Waals surface area contributed by atoms with Gasteiger partial charge in [0.1, 0.15) is 45.8 Å². The van der Waals surface area contributed by atoms with Gasteiger partial charge in [0.05, 0.1) is 57.6 Å². The molecule has 83 heavy (non-hydrogen) atoms. The average molecular weight is 1250 g/mol. The Bertz CT molecular complexity index is 4180. The number of carbonyl (C=O) groups excluding carboxylic acids is 2. The lowest BCUT2D eigenvalue weighted by molar-refractivity contribution is -0.115. The minimum absolute atomic E-state index is 0.000213. The molecule has 0 spiro atoms. The SMILES string of the molecule is CC(=O)Nc1cc(N=Nc2cc(SCCCS(=O)(=O)O)c(N=Nc3cc(OCCCS(=O)(=O)O)c(N=Nc4c(C)c(C#N)c5nc6ccccc6n5c4O)cc3C)cc2NC(C)=O)c(SCCCS(=O)(=O)O)cc1N=Nc1ccc(Cl)cc1. The zero-order valence-electron chi connectivity index (χ0n) is 44.2. The van der Waals surface area contributed by atoms with Gasteiger partial charge < -0.3 is 20.5 Å². The molecule has 2 amide bonds. The van der Waals surface area contributed by atoms with Crippen LogP contribution in [0.5, 0.6) is 11.6 Å². The summed E-state index contributed by atoms with van der Waals surface area (Å²) in [6.45, 7) is 5.48. The maximum Gasteiger partial charge on any atom is 0.264 e. The van der Waals surface area contributed by atoms with E-state index >= 15 is 0 Å². The number of para-hydroxylation sites is 2. The summed E-state index contributed by atoms with van der Waals surface area (Å²) in [6.07, 6.45) is -0.153. The van der Waals surface area contributed by atoms with Gasteiger partial charge in [0.25, 0.3) is 30.4 Å². The Morgan fingerprint density at radius 2 is 1.17 bits per heavy atom. The van der Waals surface area contributed by atoms with E-state index in [1.54, 1.807) is 68.4 Å². The van der Waals surface area contributed by atoms with Gasteiger partial charge in [-0.25, -0.2) is 4.98 Å². The molecule has 26 nitrogen and oxygen atoms in total. The highest BCUT2D eigenvalue weighted by Gasteiger charge is 2.22. The molecular weight excluding hydrogens is 1200 g/mol. The largest absolute Gasteiger partial charge is 0.493 e. The number of thioether (sulfide) groups is 2. The van der Waals surface area contributed by atoms with Crippen LogP contribution >= 0.6 is 35.1 Å². The third-order valence-electron chi connectivity index (χ3n) is 11.4. The predicted octanol–water partition coefficient (Wildman–Crippen LogP) is 13.3. The van der Waals surface area contributed by atoms with Gasteiger partial charge in [-0.05, 0) is 117 Å². The highest BCUT2D eigenvalue weighted by Crippen LogP contribution is 2.45. The topological polar surface area (TPSA) is 391 Å². The second-order valence-corrected chi connectivity index (χ2v) is 25.4. The van der Waals surface area contributed by atoms with E-state index in [2.05, 4.69) is 62.6 Å². The van der Waals surface area contributed by atoms with Crippen LogP contribution in [0.3, 0.4) is 0 Å². The summed E-state index contributed by atoms with van der Waals surface area (Å²) in [4.78, 5) is 30.5. The number of fused-ring (bicyclic) bond motifs is 3. The number of ether oxygens (including phenoxy) is 1. The maximum atomic E-state index is 12.8. The molecule has 32 heteroatoms. The lowest BCUT2D eigenvalue weighted by Gasteiger charge is -2.13. The molecule has 434 valence electrons. The molecule has 0 aliphatic carbocycles. The fourth-order valence-corrected chi connectivity index (χ4v) is 11.5. The van der Waals surface area contributed by atoms with Gasteiger partial charge in [0.2, 0.25) is 17.7 Å². The van der Waals surface area contributed by atoms with Crippen molar-refractivity contribution in [1.29, 1.82) is 5.26 Å². The molecule has 0 saturated heterocycles. The normalized spacial score (nSPS) is 12.4. The van der Waals surface area contributed by atoms with E-state index in [0.29, 0.717) is 37.1 Å². The zero-order valence-corrected chi connectivity index (χ0v) is 49.1. The number of aromatic hydroxyl groups is 1. The van der Waals surface area contributed by atoms with Crippen LogP contribution in [-0.4, -0.2) is 101 Å². The van der Waals surface area contributed by atoms with E-state index in [4.69, 9.17) is 16.3 Å². The Balaban J connectivity index is 1.31. The molecule has 5 aromatic carbocycles. The first-order valence-corrected chi connectivity index (χ1v) is 31.7. The molecule has 7 aromatic rings. The standard InChI is InChI=1S/C51H50ClN13O13S5/c1-29-22-42(61-64-49-30(2)35(28-53)50-56-36-10-5-6-11-45(36)65(50)51(49)68)46(78-16-7-19-81(69,70)71)25-37(29)58-62-43-24-39(55-32(4)67)41(27-48(43)80-18-9-21-83(75,76)77)60-63-44-23-38(54-31(3)66)40(59-57-34-14-12-33(52)13-15-34)26-47(44)79-17-8-20-82(72,73)74/h5-6,10-15,22-27,68H,7-9,16-21H2,1-4H3,(H,54,66)(H,55,67)(H,69,70,71)(H,72,73,74)(H,75,76,77). The van der Waals surface area contributed by atoms with Crippen molar-refractivity contribution in [3.8, 4) is 17.7 Å². The highest BCUT2D eigenvalue weighted by atomic mass is 35.5. The minimum Gasteiger partial charge on any atom is -0.493 e. The van der Waals surface area contributed by atoms with Crippen LogP contribution < -0.4 is 15.4 Å². The molecular formula is C51H50ClN13O13S5. The molecule has 2 aromatic heterocycles. The lowest BCUT2D eigenvalue weighted by Crippen LogP contribution is -2.08. The van der Waals surface area contributed by atoms with E-state index in [1.165, 1.54) is 48.6 Å². The number of hydrogen-bond acceptors (Lipinski definition) is 22. The van der Waals surface area contributed by atoms with E-state index < -0.39 is 59.4 Å². The molecule has 0 aliphatic heterocycles. The minimum atomic E-state index is -4.36. The first-order valence-electron chi connectivity index (χ1n) is 24.5. The fraction of sp³-hybridized carbons (Fsp3) is 0.255. The molecule has 0 aliphatic rings. The summed E-state index contributed by atoms with van der Waals surface area (Å²) in [7, 11) is -13.0. The van der Waals surface area contributed by atoms with Crippen molar-refractivity contribution in [1.82, 2.24) is 9.38 Å². The summed E-state index contributed by atoms with van der Waals surface area (Å²) in [5.41, 5.74) is 3.33. The van der Waals surface area contributed by atoms with Crippen molar-refractivity contribution >= 4 is 151 Å². The van der Waals surface area contributed by atoms with E-state index in [-0.39, 0.29) is 117 Å². The molecule has 6 N–H and O–H groups in total. The number of rotatable bonds is 25. The number of azo groups is 4. The number of benzene rings is 5. The first kappa shape index (κ1) is 62.8. The second-order valence-electron chi connectivity index (χ2n) is 17.9. The van der Waals surface area contributed by atoms with Gasteiger partial charge >= 0.3 is 0 Å². The Labute approximate surface area is 488 Å². The van der Waals surface area contributed by atoms with Gasteiger partial charge in [-0.15, -0.1) is 54.2 Å². The smallest absolute Gasteiger partial charge is 0.264 e. The zero-order chi connectivity index (χ0) is 60.2. The molecule has 0 atom stereocenters. The number of carbonyl (C=O) groups is 2. The molecule has 0 saturated carbocycles. The fourth-order valence-electron chi connectivity index (χ4n) is 7.64. The number of amides is 2. The molecule has 0 fully saturated rings. The van der Waals surface area contributed by atoms with Crippen LogP contribution in [0.1, 0.15) is 49.8 Å². The van der Waals surface area contributed by atoms with E-state index in [0.717, 1.165) is 23.5 Å². The molecule has 7 rings (SSSR count). The number of anilines is 2. The van der Waals surface area contributed by atoms with Crippen LogP contribution in [0.25, 0.3) is 16.7 Å². The number of aromatic nitrogens is 2. The van der Waals surface area contributed by atoms with Crippen molar-refractivity contribution in [3.63, 3.8) is 0 Å². The number of imidazole rings is 1. The second kappa shape index (κ2) is 27.5. The van der Waals surface area contributed by atoms with Crippen LogP contribution in [0, 0.1) is 25.2 Å². The van der Waals surface area contributed by atoms with Crippen molar-refractivity contribution in [2.24, 2.45) is 40.9 Å². The summed E-state index contributed by atoms with van der Waals surface area (Å²) < 4.78 is 105. The molecule has 0 unspecified atom stereocenters. The Hall–Kier alpha value is -7.80. The van der Waals surface area contributed by atoms with Gasteiger partial charge in [-0.1, -0.05) is 23.7 Å². The predicted molar refractivity (Wildman–Crippen MR) is 315 cm³/mol. The summed E-state index contributed by atoms with van der Waals surface area (Å²) in [6, 6.07) is 24.4. The number of hydrogen-bond donors (Lipinski definition) is 6. The number of pyridine rings is 1. The van der Waals surface area contributed by atoms with Gasteiger partial charge in [0.15, 0.2) is 11.3 Å². The van der Waals surface area contributed by atoms with Crippen LogP contribution in [0.4, 0.5) is 56.9 Å². The summed E-state index contributed by atoms with van der Waals surface area (Å²) >= 11 is 8.27. The van der Waals surface area contributed by atoms with E-state index in [1.807, 2.05) is 0 Å². The van der Waals surface area contributed by atoms with Crippen LogP contribution in [0.2, 0.25) is 5.02 Å². The van der Waals surface area contributed by atoms with Crippen molar-refractivity contribution in [3.05, 3.63) is 107 Å². The monoisotopic (exact) mass is 1250 g/mol. The quantitative estimate of drug-likeness (QED) is 0.0134. The number of nitriles is 1. The number of nitrogens with one attached hydrogen (secondary N) is 2. The first-order chi connectivity index (χ1) is 39.3. The lowest BCUT2D eigenvalue weighted by atomic mass is 10.1. The third-order valence-corrected chi connectivity index (χ3v) is 16.3. The van der Waals surface area contributed by atoms with Crippen molar-refractivity contribution in [2.75, 3.05) is 46.0 Å². The Kier molecular flexibility index (Phi) is 20.8. The van der Waals surface area contributed by atoms with Crippen LogP contribution in [0.15, 0.2) is 136 Å². The van der Waals surface area contributed by atoms with Crippen LogP contribution in [-0.2, 0) is 39.9 Å². The number of halogens is 1. The highest BCUT2D eigenvalue weighted by molar-refractivity contribution is 7.99. The number of nitrogens with zero attached hydrogens (tertiary/aromatic N) is 11. The average Bonchev–Trinajstić information content (AvgIpc) is 4.06. The van der Waals surface area contributed by atoms with Crippen molar-refractivity contribution in [2.45, 2.75) is 56.7 Å². The van der Waals surface area contributed by atoms with Gasteiger partial charge in [-0.3, -0.25) is 27.6 Å².